The summed E-state index contributed by atoms with van der Waals surface area (Å²) in [6.45, 7) is 4.25. The fraction of sp³-hybridized carbons (Fsp3) is 0.636. The molecule has 2 aliphatic heterocycles. The average molecular weight is 178 g/mol. The van der Waals surface area contributed by atoms with Crippen LogP contribution in [0.15, 0.2) is 22.1 Å². The summed E-state index contributed by atoms with van der Waals surface area (Å²) in [5.41, 5.74) is 0. The van der Waals surface area contributed by atoms with Gasteiger partial charge in [-0.15, -0.1) is 0 Å². The quantitative estimate of drug-likeness (QED) is 0.545. The summed E-state index contributed by atoms with van der Waals surface area (Å²) >= 11 is 0. The van der Waals surface area contributed by atoms with E-state index in [-0.39, 0.29) is 0 Å². The summed E-state index contributed by atoms with van der Waals surface area (Å²) in [6.07, 6.45) is 11.5. The Morgan fingerprint density at radius 2 is 2.00 bits per heavy atom. The zero-order chi connectivity index (χ0) is 9.52. The van der Waals surface area contributed by atoms with Crippen LogP contribution in [0.25, 0.3) is 0 Å². The molecule has 0 aromatic rings. The lowest BCUT2D eigenvalue weighted by Crippen LogP contribution is -1.97. The number of allylic oxidation sites excluding steroid dienone is 1. The van der Waals surface area contributed by atoms with Gasteiger partial charge in [0.2, 0.25) is 0 Å². The summed E-state index contributed by atoms with van der Waals surface area (Å²) in [5, 5.41) is 0. The molecule has 0 saturated heterocycles. The van der Waals surface area contributed by atoms with Crippen LogP contribution < -0.4 is 0 Å². The van der Waals surface area contributed by atoms with Gasteiger partial charge >= 0.3 is 0 Å². The molecule has 72 valence electrons. The minimum absolute atomic E-state index is 0.519. The van der Waals surface area contributed by atoms with Gasteiger partial charge < -0.3 is 0 Å². The Hall–Kier alpha value is -0.920. The smallest absolute Gasteiger partial charge is 0.0505 e. The number of hydrogen-bond donors (Lipinski definition) is 0. The van der Waals surface area contributed by atoms with E-state index >= 15 is 0 Å². The molecule has 13 heavy (non-hydrogen) atoms. The molecule has 0 radical (unpaired) electrons. The lowest BCUT2D eigenvalue weighted by Gasteiger charge is -2.02. The Bertz CT molecular complexity index is 216. The first kappa shape index (κ1) is 10.2. The van der Waals surface area contributed by atoms with E-state index < -0.39 is 0 Å². The van der Waals surface area contributed by atoms with Gasteiger partial charge in [-0.1, -0.05) is 6.08 Å². The van der Waals surface area contributed by atoms with E-state index in [1.165, 1.54) is 12.8 Å². The van der Waals surface area contributed by atoms with E-state index in [2.05, 4.69) is 29.9 Å². The molecule has 2 nitrogen and oxygen atoms in total. The minimum atomic E-state index is 0.519. The normalized spacial score (nSPS) is 30.0. The fourth-order valence-corrected chi connectivity index (χ4v) is 1.24. The van der Waals surface area contributed by atoms with Crippen molar-refractivity contribution in [1.82, 2.24) is 0 Å². The lowest BCUT2D eigenvalue weighted by atomic mass is 10.2. The van der Waals surface area contributed by atoms with Crippen LogP contribution in [0.1, 0.15) is 33.1 Å². The van der Waals surface area contributed by atoms with Crippen molar-refractivity contribution in [3.63, 3.8) is 0 Å². The van der Waals surface area contributed by atoms with Crippen molar-refractivity contribution in [3.05, 3.63) is 12.2 Å². The molecule has 2 heterocycles. The van der Waals surface area contributed by atoms with Crippen LogP contribution >= 0.6 is 0 Å². The topological polar surface area (TPSA) is 24.7 Å². The molecule has 2 atom stereocenters. The molecule has 0 aromatic heterocycles. The maximum Gasteiger partial charge on any atom is 0.0505 e. The Balaban J connectivity index is 0.000000132. The third-order valence-electron chi connectivity index (χ3n) is 2.11. The molecular weight excluding hydrogens is 160 g/mol. The SMILES string of the molecule is CC1CC=CC=N1.CC1CCC=N1. The zero-order valence-electron chi connectivity index (χ0n) is 8.48. The summed E-state index contributed by atoms with van der Waals surface area (Å²) in [7, 11) is 0. The summed E-state index contributed by atoms with van der Waals surface area (Å²) < 4.78 is 0. The van der Waals surface area contributed by atoms with E-state index in [1.807, 2.05) is 18.5 Å². The van der Waals surface area contributed by atoms with Gasteiger partial charge in [0.1, 0.15) is 0 Å². The largest absolute Gasteiger partial charge is 0.294 e. The van der Waals surface area contributed by atoms with E-state index in [0.717, 1.165) is 6.42 Å². The van der Waals surface area contributed by atoms with Gasteiger partial charge in [-0.2, -0.15) is 0 Å². The monoisotopic (exact) mass is 178 g/mol. The highest BCUT2D eigenvalue weighted by Gasteiger charge is 2.00. The first-order chi connectivity index (χ1) is 6.29. The molecule has 0 spiro atoms. The van der Waals surface area contributed by atoms with Crippen molar-refractivity contribution in [2.75, 3.05) is 0 Å². The Labute approximate surface area is 80.5 Å². The summed E-state index contributed by atoms with van der Waals surface area (Å²) in [6, 6.07) is 1.13. The highest BCUT2D eigenvalue weighted by atomic mass is 14.8. The van der Waals surface area contributed by atoms with Gasteiger partial charge in [-0.05, 0) is 45.4 Å². The maximum absolute atomic E-state index is 4.12. The molecule has 0 aliphatic carbocycles. The molecule has 0 amide bonds. The Morgan fingerprint density at radius 1 is 1.15 bits per heavy atom. The van der Waals surface area contributed by atoms with Crippen LogP contribution in [0.4, 0.5) is 0 Å². The lowest BCUT2D eigenvalue weighted by molar-refractivity contribution is 0.739. The van der Waals surface area contributed by atoms with Crippen LogP contribution in [0.5, 0.6) is 0 Å². The fourth-order valence-electron chi connectivity index (χ4n) is 1.24. The van der Waals surface area contributed by atoms with Crippen LogP contribution in [0.3, 0.4) is 0 Å². The van der Waals surface area contributed by atoms with E-state index in [9.17, 15) is 0 Å². The van der Waals surface area contributed by atoms with Gasteiger partial charge in [-0.3, -0.25) is 9.98 Å². The number of rotatable bonds is 0. The molecule has 0 bridgehead atoms. The molecule has 2 heteroatoms. The summed E-state index contributed by atoms with van der Waals surface area (Å²) in [4.78, 5) is 8.23. The third kappa shape index (κ3) is 4.61. The van der Waals surface area contributed by atoms with Crippen molar-refractivity contribution in [2.45, 2.75) is 45.2 Å². The van der Waals surface area contributed by atoms with Crippen molar-refractivity contribution in [2.24, 2.45) is 9.98 Å². The second kappa shape index (κ2) is 5.68. The molecule has 2 aliphatic rings. The first-order valence-corrected chi connectivity index (χ1v) is 4.99. The second-order valence-corrected chi connectivity index (χ2v) is 3.57. The van der Waals surface area contributed by atoms with Crippen molar-refractivity contribution in [3.8, 4) is 0 Å². The van der Waals surface area contributed by atoms with Crippen LogP contribution in [0, 0.1) is 0 Å². The van der Waals surface area contributed by atoms with Crippen LogP contribution in [-0.2, 0) is 0 Å². The third-order valence-corrected chi connectivity index (χ3v) is 2.11. The molecule has 0 aromatic carbocycles. The van der Waals surface area contributed by atoms with Crippen LogP contribution in [-0.4, -0.2) is 24.5 Å². The van der Waals surface area contributed by atoms with E-state index in [1.54, 1.807) is 0 Å². The molecule has 2 unspecified atom stereocenters. The zero-order valence-corrected chi connectivity index (χ0v) is 8.48. The predicted molar refractivity (Wildman–Crippen MR) is 58.9 cm³/mol. The standard InChI is InChI=1S/C6H9N.C5H9N/c1-6-4-2-3-5-7-6;1-5-3-2-4-6-5/h2-3,5-6H,4H2,1H3;4-5H,2-3H2,1H3. The molecular formula is C11H18N2. The van der Waals surface area contributed by atoms with Crippen molar-refractivity contribution in [1.29, 1.82) is 0 Å². The highest BCUT2D eigenvalue weighted by Crippen LogP contribution is 2.04. The summed E-state index contributed by atoms with van der Waals surface area (Å²) in [5.74, 6) is 0. The van der Waals surface area contributed by atoms with Crippen molar-refractivity contribution < 1.29 is 0 Å². The van der Waals surface area contributed by atoms with Crippen molar-refractivity contribution >= 4 is 12.4 Å². The molecule has 0 saturated carbocycles. The van der Waals surface area contributed by atoms with Gasteiger partial charge in [-0.25, -0.2) is 0 Å². The Morgan fingerprint density at radius 3 is 2.23 bits per heavy atom. The Kier molecular flexibility index (Phi) is 4.44. The first-order valence-electron chi connectivity index (χ1n) is 4.99. The van der Waals surface area contributed by atoms with Gasteiger partial charge in [0.15, 0.2) is 0 Å². The van der Waals surface area contributed by atoms with E-state index in [0.29, 0.717) is 12.1 Å². The van der Waals surface area contributed by atoms with Crippen LogP contribution in [0.2, 0.25) is 0 Å². The molecule has 0 N–H and O–H groups in total. The van der Waals surface area contributed by atoms with E-state index in [4.69, 9.17) is 0 Å². The maximum atomic E-state index is 4.12. The second-order valence-electron chi connectivity index (χ2n) is 3.57. The minimum Gasteiger partial charge on any atom is -0.294 e. The molecule has 2 rings (SSSR count). The number of aliphatic imine (C=N–C) groups is 2. The molecule has 0 fully saturated rings. The number of nitrogens with zero attached hydrogens (tertiary/aromatic N) is 2. The van der Waals surface area contributed by atoms with Gasteiger partial charge in [0, 0.05) is 12.3 Å². The average Bonchev–Trinajstić information content (AvgIpc) is 2.58. The highest BCUT2D eigenvalue weighted by molar-refractivity contribution is 5.72. The predicted octanol–water partition coefficient (Wildman–Crippen LogP) is 2.65. The number of hydrogen-bond acceptors (Lipinski definition) is 2. The van der Waals surface area contributed by atoms with Gasteiger partial charge in [0.05, 0.1) is 6.04 Å². The van der Waals surface area contributed by atoms with Gasteiger partial charge in [0.25, 0.3) is 0 Å². The number of dihydropyridines is 1.